The molecule has 0 saturated carbocycles. The minimum atomic E-state index is 0.128. The van der Waals surface area contributed by atoms with Crippen LogP contribution in [0, 0.1) is 0 Å². The molecule has 2 unspecified atom stereocenters. The molecule has 2 aliphatic heterocycles. The monoisotopic (exact) mass is 530 g/mol. The second-order valence-corrected chi connectivity index (χ2v) is 12.1. The van der Waals surface area contributed by atoms with E-state index in [-0.39, 0.29) is 10.5 Å². The van der Waals surface area contributed by atoms with E-state index in [1.807, 2.05) is 41.1 Å². The van der Waals surface area contributed by atoms with Crippen molar-refractivity contribution >= 4 is 27.3 Å². The Bertz CT molecular complexity index is 1410. The molecule has 2 aliphatic rings. The minimum absolute atomic E-state index is 0.128. The number of fused-ring (bicyclic) bond motifs is 3. The summed E-state index contributed by atoms with van der Waals surface area (Å²) in [5.74, 6) is 6.25. The van der Waals surface area contributed by atoms with Crippen LogP contribution < -0.4 is 10.1 Å². The lowest BCUT2D eigenvalue weighted by Crippen LogP contribution is -2.51. The van der Waals surface area contributed by atoms with Gasteiger partial charge in [0.25, 0.3) is 0 Å². The normalized spacial score (nSPS) is 20.1. The molecule has 0 aliphatic carbocycles. The zero-order valence-corrected chi connectivity index (χ0v) is 22.6. The largest absolute Gasteiger partial charge is 0.439 e. The molecule has 3 atom stereocenters. The number of nitrogens with one attached hydrogen (secondary N) is 1. The summed E-state index contributed by atoms with van der Waals surface area (Å²) in [5, 5.41) is 9.00. The van der Waals surface area contributed by atoms with Gasteiger partial charge >= 0.3 is 0 Å². The molecule has 6 rings (SSSR count). The summed E-state index contributed by atoms with van der Waals surface area (Å²) in [6.45, 7) is 4.18. The van der Waals surface area contributed by atoms with Crippen LogP contribution in [-0.2, 0) is 18.0 Å². The lowest BCUT2D eigenvalue weighted by atomic mass is 10.1. The molecule has 4 aromatic rings. The number of hydrogen-bond donors (Lipinski definition) is 1. The highest BCUT2D eigenvalue weighted by atomic mass is 32.2. The number of hydrogen-bond acceptors (Lipinski definition) is 7. The van der Waals surface area contributed by atoms with E-state index in [9.17, 15) is 0 Å². The van der Waals surface area contributed by atoms with E-state index in [1.54, 1.807) is 12.4 Å². The maximum absolute atomic E-state index is 6.07. The summed E-state index contributed by atoms with van der Waals surface area (Å²) >= 11 is 0. The number of piperazine rings is 1. The van der Waals surface area contributed by atoms with Crippen molar-refractivity contribution in [3.05, 3.63) is 66.6 Å². The zero-order chi connectivity index (χ0) is 25.9. The van der Waals surface area contributed by atoms with E-state index < -0.39 is 0 Å². The van der Waals surface area contributed by atoms with Crippen LogP contribution in [0.15, 0.2) is 60.9 Å². The Morgan fingerprint density at radius 1 is 1.08 bits per heavy atom. The van der Waals surface area contributed by atoms with Gasteiger partial charge in [-0.05, 0) is 55.5 Å². The van der Waals surface area contributed by atoms with Crippen LogP contribution in [0.5, 0.6) is 11.6 Å². The quantitative estimate of drug-likeness (QED) is 0.239. The molecule has 2 saturated heterocycles. The number of rotatable bonds is 10. The maximum Gasteiger partial charge on any atom is 0.219 e. The molecule has 1 N–H and O–H groups in total. The highest BCUT2D eigenvalue weighted by Gasteiger charge is 2.36. The Hall–Kier alpha value is -3.11. The van der Waals surface area contributed by atoms with Crippen molar-refractivity contribution in [3.8, 4) is 22.9 Å². The molecule has 198 valence electrons. The van der Waals surface area contributed by atoms with Gasteiger partial charge in [-0.1, -0.05) is 11.9 Å². The van der Waals surface area contributed by atoms with E-state index in [0.29, 0.717) is 31.3 Å². The fourth-order valence-corrected chi connectivity index (χ4v) is 5.76. The van der Waals surface area contributed by atoms with E-state index in [2.05, 4.69) is 44.6 Å². The molecule has 1 aromatic carbocycles. The van der Waals surface area contributed by atoms with Crippen molar-refractivity contribution in [2.45, 2.75) is 38.2 Å². The van der Waals surface area contributed by atoms with Crippen molar-refractivity contribution in [2.24, 2.45) is 0 Å². The first-order valence-electron chi connectivity index (χ1n) is 13.1. The van der Waals surface area contributed by atoms with Gasteiger partial charge in [0, 0.05) is 66.9 Å². The molecule has 0 amide bonds. The van der Waals surface area contributed by atoms with Crippen molar-refractivity contribution in [2.75, 3.05) is 31.7 Å². The molecule has 2 bridgehead atoms. The summed E-state index contributed by atoms with van der Waals surface area (Å²) in [6.07, 6.45) is 8.27. The molecular weight excluding hydrogens is 496 g/mol. The fraction of sp³-hybridized carbons (Fsp3) is 0.379. The van der Waals surface area contributed by atoms with Crippen LogP contribution in [0.4, 0.5) is 0 Å². The van der Waals surface area contributed by atoms with Crippen LogP contribution in [0.25, 0.3) is 22.2 Å². The molecule has 0 spiro atoms. The van der Waals surface area contributed by atoms with Gasteiger partial charge in [0.05, 0.1) is 23.5 Å². The second kappa shape index (κ2) is 11.3. The van der Waals surface area contributed by atoms with Gasteiger partial charge in [0.2, 0.25) is 5.88 Å². The van der Waals surface area contributed by atoms with Crippen LogP contribution in [0.1, 0.15) is 18.5 Å². The van der Waals surface area contributed by atoms with Crippen molar-refractivity contribution in [1.29, 1.82) is 0 Å². The smallest absolute Gasteiger partial charge is 0.219 e. The van der Waals surface area contributed by atoms with Gasteiger partial charge in [-0.25, -0.2) is 9.67 Å². The Morgan fingerprint density at radius 3 is 2.74 bits per heavy atom. The minimum Gasteiger partial charge on any atom is -0.439 e. The summed E-state index contributed by atoms with van der Waals surface area (Å²) < 4.78 is 13.7. The Morgan fingerprint density at radius 2 is 1.95 bits per heavy atom. The van der Waals surface area contributed by atoms with E-state index >= 15 is 0 Å². The summed E-state index contributed by atoms with van der Waals surface area (Å²) in [5.41, 5.74) is 4.03. The number of pyridine rings is 2. The average molecular weight is 531 g/mol. The summed E-state index contributed by atoms with van der Waals surface area (Å²) in [4.78, 5) is 12.1. The zero-order valence-electron chi connectivity index (χ0n) is 21.8. The Balaban J connectivity index is 1.10. The molecule has 5 heterocycles. The van der Waals surface area contributed by atoms with Gasteiger partial charge in [-0.2, -0.15) is 15.6 Å². The maximum atomic E-state index is 6.07. The van der Waals surface area contributed by atoms with Gasteiger partial charge in [-0.3, -0.25) is 9.88 Å². The summed E-state index contributed by atoms with van der Waals surface area (Å²) in [6, 6.07) is 17.4. The first-order chi connectivity index (χ1) is 18.6. The lowest BCUT2D eigenvalue weighted by Gasteiger charge is -2.34. The molecule has 3 aromatic heterocycles. The predicted octanol–water partition coefficient (Wildman–Crippen LogP) is 4.53. The highest BCUT2D eigenvalue weighted by molar-refractivity contribution is 8.13. The third-order valence-corrected chi connectivity index (χ3v) is 8.22. The van der Waals surface area contributed by atoms with Gasteiger partial charge in [0.15, 0.2) is 0 Å². The molecular formula is C29H34N6O2S. The highest BCUT2D eigenvalue weighted by Crippen LogP contribution is 2.30. The fourth-order valence-electron chi connectivity index (χ4n) is 5.36. The third-order valence-electron chi connectivity index (χ3n) is 7.35. The van der Waals surface area contributed by atoms with Crippen LogP contribution in [-0.4, -0.2) is 74.3 Å². The van der Waals surface area contributed by atoms with Crippen molar-refractivity contribution < 1.29 is 9.47 Å². The van der Waals surface area contributed by atoms with Crippen molar-refractivity contribution in [1.82, 2.24) is 30.0 Å². The lowest BCUT2D eigenvalue weighted by molar-refractivity contribution is 0.0824. The first kappa shape index (κ1) is 25.2. The number of nitrogens with zero attached hydrogens (tertiary/aromatic N) is 5. The van der Waals surface area contributed by atoms with Crippen LogP contribution >= 0.6 is 10.5 Å². The number of aromatic nitrogens is 4. The topological polar surface area (TPSA) is 77.3 Å². The van der Waals surface area contributed by atoms with E-state index in [0.717, 1.165) is 59.0 Å². The number of benzene rings is 1. The molecule has 9 heteroatoms. The van der Waals surface area contributed by atoms with Crippen LogP contribution in [0.3, 0.4) is 0 Å². The average Bonchev–Trinajstić information content (AvgIpc) is 3.46. The molecule has 38 heavy (non-hydrogen) atoms. The summed E-state index contributed by atoms with van der Waals surface area (Å²) in [7, 11) is 0.128. The van der Waals surface area contributed by atoms with Gasteiger partial charge < -0.3 is 14.8 Å². The van der Waals surface area contributed by atoms with Crippen molar-refractivity contribution in [3.63, 3.8) is 0 Å². The standard InChI is InChI=1S/C29H34N6O2S/c1-38(2)14-13-36-20-35-28(11-12-32-35)22-4-10-29(31-16-22)37-26-8-9-27-21(15-26)3-5-23(33-27)19-34-24-6-7-25(34)18-30-17-24/h3-5,8-12,15-16,24-25,30H,1,6-7,13-14,17-20H2,2H3/t24?,25?,38-/m0/s1. The molecule has 8 nitrogen and oxygen atoms in total. The number of ether oxygens (including phenoxy) is 2. The third kappa shape index (κ3) is 5.66. The predicted molar refractivity (Wildman–Crippen MR) is 154 cm³/mol. The Kier molecular flexibility index (Phi) is 7.51. The van der Waals surface area contributed by atoms with E-state index in [4.69, 9.17) is 14.5 Å². The van der Waals surface area contributed by atoms with Crippen LogP contribution in [0.2, 0.25) is 0 Å². The molecule has 0 radical (unpaired) electrons. The van der Waals surface area contributed by atoms with E-state index in [1.165, 1.54) is 12.8 Å². The Labute approximate surface area is 225 Å². The molecule has 2 fully saturated rings. The van der Waals surface area contributed by atoms with Gasteiger partial charge in [-0.15, -0.1) is 0 Å². The first-order valence-corrected chi connectivity index (χ1v) is 15.1. The SMILES string of the molecule is C=[S@@](C)CCOCn1nccc1-c1ccc(Oc2ccc3nc(CN4C5CCC4CNC5)ccc3c2)nc1. The second-order valence-electron chi connectivity index (χ2n) is 10.1. The van der Waals surface area contributed by atoms with Gasteiger partial charge in [0.1, 0.15) is 12.5 Å².